The topological polar surface area (TPSA) is 29.3 Å². The summed E-state index contributed by atoms with van der Waals surface area (Å²) in [6, 6.07) is 1.30. The fraction of sp³-hybridized carbons (Fsp3) is 0.667. The van der Waals surface area contributed by atoms with E-state index < -0.39 is 18.3 Å². The standard InChI is InChI=1S/C12H17F3N2S/c1-8(16)11(12(13,14)15)17(9-4-5-9)7-10-3-2-6-18-10/h2-3,6,8-9,11H,4-5,7,16H2,1H3. The SMILES string of the molecule is CC(N)C(N(Cc1cccs1)C1CC1)C(F)(F)F. The van der Waals surface area contributed by atoms with Crippen LogP contribution in [0.5, 0.6) is 0 Å². The molecule has 0 bridgehead atoms. The van der Waals surface area contributed by atoms with E-state index >= 15 is 0 Å². The Morgan fingerprint density at radius 2 is 2.17 bits per heavy atom. The van der Waals surface area contributed by atoms with Crippen LogP contribution in [0.25, 0.3) is 0 Å². The Morgan fingerprint density at radius 1 is 1.50 bits per heavy atom. The van der Waals surface area contributed by atoms with Crippen molar-refractivity contribution >= 4 is 11.3 Å². The van der Waals surface area contributed by atoms with Gasteiger partial charge in [-0.3, -0.25) is 4.90 Å². The summed E-state index contributed by atoms with van der Waals surface area (Å²) < 4.78 is 39.4. The van der Waals surface area contributed by atoms with Gasteiger partial charge in [0.1, 0.15) is 6.04 Å². The van der Waals surface area contributed by atoms with Gasteiger partial charge in [-0.05, 0) is 31.2 Å². The van der Waals surface area contributed by atoms with Crippen molar-refractivity contribution in [2.45, 2.75) is 50.6 Å². The van der Waals surface area contributed by atoms with E-state index in [9.17, 15) is 13.2 Å². The molecule has 0 aliphatic heterocycles. The molecule has 0 amide bonds. The second kappa shape index (κ2) is 5.19. The Bertz CT molecular complexity index is 371. The molecule has 1 heterocycles. The van der Waals surface area contributed by atoms with Gasteiger partial charge in [-0.25, -0.2) is 0 Å². The number of nitrogens with zero attached hydrogens (tertiary/aromatic N) is 1. The van der Waals surface area contributed by atoms with Crippen molar-refractivity contribution in [3.63, 3.8) is 0 Å². The van der Waals surface area contributed by atoms with E-state index in [0.29, 0.717) is 6.54 Å². The number of alkyl halides is 3. The van der Waals surface area contributed by atoms with Crippen molar-refractivity contribution in [3.8, 4) is 0 Å². The molecule has 18 heavy (non-hydrogen) atoms. The Labute approximate surface area is 109 Å². The second-order valence-electron chi connectivity index (χ2n) is 4.83. The van der Waals surface area contributed by atoms with Gasteiger partial charge in [0, 0.05) is 23.5 Å². The van der Waals surface area contributed by atoms with Gasteiger partial charge < -0.3 is 5.73 Å². The second-order valence-corrected chi connectivity index (χ2v) is 5.86. The fourth-order valence-corrected chi connectivity index (χ4v) is 2.94. The number of rotatable bonds is 5. The molecule has 1 aromatic heterocycles. The Balaban J connectivity index is 2.17. The minimum atomic E-state index is -4.27. The van der Waals surface area contributed by atoms with Crippen molar-refractivity contribution in [1.29, 1.82) is 0 Å². The number of thiophene rings is 1. The predicted molar refractivity (Wildman–Crippen MR) is 66.4 cm³/mol. The number of hydrogen-bond donors (Lipinski definition) is 1. The van der Waals surface area contributed by atoms with Crippen LogP contribution < -0.4 is 5.73 Å². The third-order valence-corrected chi connectivity index (χ3v) is 3.99. The highest BCUT2D eigenvalue weighted by atomic mass is 32.1. The monoisotopic (exact) mass is 278 g/mol. The van der Waals surface area contributed by atoms with E-state index in [1.54, 1.807) is 0 Å². The van der Waals surface area contributed by atoms with E-state index in [4.69, 9.17) is 5.73 Å². The van der Waals surface area contributed by atoms with Crippen molar-refractivity contribution in [1.82, 2.24) is 4.90 Å². The third-order valence-electron chi connectivity index (χ3n) is 3.13. The Hall–Kier alpha value is -0.590. The average molecular weight is 278 g/mol. The Kier molecular flexibility index (Phi) is 3.99. The quantitative estimate of drug-likeness (QED) is 0.897. The molecule has 2 unspecified atom stereocenters. The molecule has 0 radical (unpaired) electrons. The summed E-state index contributed by atoms with van der Waals surface area (Å²) in [5.74, 6) is 0. The number of nitrogens with two attached hydrogens (primary N) is 1. The van der Waals surface area contributed by atoms with Gasteiger partial charge in [-0.15, -0.1) is 11.3 Å². The highest BCUT2D eigenvalue weighted by molar-refractivity contribution is 7.09. The van der Waals surface area contributed by atoms with Crippen molar-refractivity contribution in [2.24, 2.45) is 5.73 Å². The van der Waals surface area contributed by atoms with Crippen LogP contribution in [-0.4, -0.2) is 29.2 Å². The molecule has 1 fully saturated rings. The van der Waals surface area contributed by atoms with Crippen LogP contribution in [0.1, 0.15) is 24.6 Å². The molecule has 2 nitrogen and oxygen atoms in total. The van der Waals surface area contributed by atoms with Gasteiger partial charge in [0.15, 0.2) is 0 Å². The lowest BCUT2D eigenvalue weighted by molar-refractivity contribution is -0.191. The minimum Gasteiger partial charge on any atom is -0.326 e. The van der Waals surface area contributed by atoms with Crippen molar-refractivity contribution in [3.05, 3.63) is 22.4 Å². The molecule has 1 aliphatic carbocycles. The predicted octanol–water partition coefficient (Wildman–Crippen LogP) is 2.99. The van der Waals surface area contributed by atoms with E-state index in [-0.39, 0.29) is 6.04 Å². The molecular formula is C12H17F3N2S. The summed E-state index contributed by atoms with van der Waals surface area (Å²) in [7, 11) is 0. The van der Waals surface area contributed by atoms with Gasteiger partial charge in [0.25, 0.3) is 0 Å². The first-order chi connectivity index (χ1) is 8.39. The van der Waals surface area contributed by atoms with E-state index in [2.05, 4.69) is 0 Å². The lowest BCUT2D eigenvalue weighted by atomic mass is 10.1. The first kappa shape index (κ1) is 13.8. The van der Waals surface area contributed by atoms with Crippen LogP contribution in [-0.2, 0) is 6.54 Å². The zero-order valence-corrected chi connectivity index (χ0v) is 11.0. The molecule has 6 heteroatoms. The lowest BCUT2D eigenvalue weighted by Crippen LogP contribution is -2.55. The lowest BCUT2D eigenvalue weighted by Gasteiger charge is -2.35. The highest BCUT2D eigenvalue weighted by Crippen LogP contribution is 2.37. The molecule has 0 aromatic carbocycles. The van der Waals surface area contributed by atoms with Crippen molar-refractivity contribution < 1.29 is 13.2 Å². The molecule has 2 rings (SSSR count). The van der Waals surface area contributed by atoms with Crippen LogP contribution in [0.4, 0.5) is 13.2 Å². The van der Waals surface area contributed by atoms with Crippen LogP contribution in [0.2, 0.25) is 0 Å². The summed E-state index contributed by atoms with van der Waals surface area (Å²) >= 11 is 1.49. The van der Waals surface area contributed by atoms with Gasteiger partial charge in [-0.2, -0.15) is 13.2 Å². The first-order valence-electron chi connectivity index (χ1n) is 6.00. The molecule has 1 aliphatic rings. The van der Waals surface area contributed by atoms with Crippen LogP contribution in [0, 0.1) is 0 Å². The molecule has 0 spiro atoms. The van der Waals surface area contributed by atoms with Crippen LogP contribution in [0.3, 0.4) is 0 Å². The van der Waals surface area contributed by atoms with E-state index in [0.717, 1.165) is 17.7 Å². The maximum Gasteiger partial charge on any atom is 0.405 e. The molecule has 2 N–H and O–H groups in total. The zero-order chi connectivity index (χ0) is 13.3. The van der Waals surface area contributed by atoms with Gasteiger partial charge >= 0.3 is 6.18 Å². The van der Waals surface area contributed by atoms with Gasteiger partial charge in [0.2, 0.25) is 0 Å². The molecular weight excluding hydrogens is 261 g/mol. The molecule has 102 valence electrons. The smallest absolute Gasteiger partial charge is 0.326 e. The molecule has 0 saturated heterocycles. The molecule has 1 saturated carbocycles. The first-order valence-corrected chi connectivity index (χ1v) is 6.88. The fourth-order valence-electron chi connectivity index (χ4n) is 2.23. The normalized spacial score (nSPS) is 20.1. The number of hydrogen-bond acceptors (Lipinski definition) is 3. The van der Waals surface area contributed by atoms with Gasteiger partial charge in [0.05, 0.1) is 0 Å². The van der Waals surface area contributed by atoms with E-state index in [1.807, 2.05) is 17.5 Å². The van der Waals surface area contributed by atoms with Crippen LogP contribution in [0.15, 0.2) is 17.5 Å². The van der Waals surface area contributed by atoms with E-state index in [1.165, 1.54) is 23.2 Å². The summed E-state index contributed by atoms with van der Waals surface area (Å²) in [5.41, 5.74) is 5.56. The largest absolute Gasteiger partial charge is 0.405 e. The maximum absolute atomic E-state index is 13.1. The summed E-state index contributed by atoms with van der Waals surface area (Å²) in [4.78, 5) is 2.48. The Morgan fingerprint density at radius 3 is 2.56 bits per heavy atom. The molecule has 2 atom stereocenters. The van der Waals surface area contributed by atoms with Crippen LogP contribution >= 0.6 is 11.3 Å². The van der Waals surface area contributed by atoms with Gasteiger partial charge in [-0.1, -0.05) is 6.07 Å². The maximum atomic E-state index is 13.1. The molecule has 1 aromatic rings. The zero-order valence-electron chi connectivity index (χ0n) is 10.2. The highest BCUT2D eigenvalue weighted by Gasteiger charge is 2.49. The summed E-state index contributed by atoms with van der Waals surface area (Å²) in [6.07, 6.45) is -2.59. The number of halogens is 3. The average Bonchev–Trinajstić information content (AvgIpc) is 2.94. The minimum absolute atomic E-state index is 0.0322. The summed E-state index contributed by atoms with van der Waals surface area (Å²) in [5, 5.41) is 1.88. The van der Waals surface area contributed by atoms with Crippen molar-refractivity contribution in [2.75, 3.05) is 0 Å². The summed E-state index contributed by atoms with van der Waals surface area (Å²) in [6.45, 7) is 1.77. The third kappa shape index (κ3) is 3.24.